The van der Waals surface area contributed by atoms with Crippen LogP contribution in [-0.2, 0) is 10.8 Å². The quantitative estimate of drug-likeness (QED) is 0.767. The molecule has 0 unspecified atom stereocenters. The van der Waals surface area contributed by atoms with E-state index >= 15 is 0 Å². The molecule has 0 heterocycles. The summed E-state index contributed by atoms with van der Waals surface area (Å²) in [6.07, 6.45) is 2.37. The molecule has 2 heteroatoms. The zero-order chi connectivity index (χ0) is 17.5. The SMILES string of the molecule is Cc1ccc(C(=O)Nc2ccc3c(c2)C(C)(C)CCC3(C)C)cc1. The number of aryl methyl sites for hydroxylation is 1. The van der Waals surface area contributed by atoms with Crippen LogP contribution < -0.4 is 5.32 Å². The largest absolute Gasteiger partial charge is 0.322 e. The maximum Gasteiger partial charge on any atom is 0.255 e. The number of amides is 1. The van der Waals surface area contributed by atoms with Gasteiger partial charge >= 0.3 is 0 Å². The zero-order valence-electron chi connectivity index (χ0n) is 15.4. The van der Waals surface area contributed by atoms with Crippen LogP contribution in [0.1, 0.15) is 67.6 Å². The summed E-state index contributed by atoms with van der Waals surface area (Å²) < 4.78 is 0. The van der Waals surface area contributed by atoms with Crippen molar-refractivity contribution in [2.75, 3.05) is 5.32 Å². The molecule has 2 aromatic carbocycles. The topological polar surface area (TPSA) is 29.1 Å². The Hall–Kier alpha value is -2.09. The number of rotatable bonds is 2. The van der Waals surface area contributed by atoms with E-state index in [0.29, 0.717) is 5.56 Å². The third-order valence-corrected chi connectivity index (χ3v) is 5.42. The summed E-state index contributed by atoms with van der Waals surface area (Å²) in [5, 5.41) is 3.05. The highest BCUT2D eigenvalue weighted by atomic mass is 16.1. The third-order valence-electron chi connectivity index (χ3n) is 5.42. The standard InChI is InChI=1S/C22H27NO/c1-15-6-8-16(9-7-15)20(24)23-17-10-11-18-19(14-17)22(4,5)13-12-21(18,2)3/h6-11,14H,12-13H2,1-5H3,(H,23,24). The smallest absolute Gasteiger partial charge is 0.255 e. The average Bonchev–Trinajstić information content (AvgIpc) is 2.52. The highest BCUT2D eigenvalue weighted by Crippen LogP contribution is 2.46. The molecule has 0 saturated carbocycles. The second kappa shape index (κ2) is 5.77. The Morgan fingerprint density at radius 2 is 1.46 bits per heavy atom. The van der Waals surface area contributed by atoms with Crippen molar-refractivity contribution in [1.82, 2.24) is 0 Å². The van der Waals surface area contributed by atoms with E-state index in [1.165, 1.54) is 24.0 Å². The number of carbonyl (C=O) groups excluding carboxylic acids is 1. The van der Waals surface area contributed by atoms with Crippen molar-refractivity contribution < 1.29 is 4.79 Å². The predicted molar refractivity (Wildman–Crippen MR) is 101 cm³/mol. The zero-order valence-corrected chi connectivity index (χ0v) is 15.4. The number of hydrogen-bond acceptors (Lipinski definition) is 1. The van der Waals surface area contributed by atoms with Crippen molar-refractivity contribution in [2.45, 2.75) is 58.3 Å². The van der Waals surface area contributed by atoms with E-state index in [0.717, 1.165) is 11.3 Å². The van der Waals surface area contributed by atoms with E-state index in [1.54, 1.807) is 0 Å². The van der Waals surface area contributed by atoms with E-state index in [4.69, 9.17) is 0 Å². The molecule has 0 saturated heterocycles. The molecule has 0 bridgehead atoms. The Bertz CT molecular complexity index is 769. The lowest BCUT2D eigenvalue weighted by atomic mass is 9.63. The predicted octanol–water partition coefficient (Wildman–Crippen LogP) is 5.60. The van der Waals surface area contributed by atoms with E-state index in [2.05, 4.69) is 45.1 Å². The minimum absolute atomic E-state index is 0.0529. The molecule has 24 heavy (non-hydrogen) atoms. The van der Waals surface area contributed by atoms with Gasteiger partial charge in [0.05, 0.1) is 0 Å². The van der Waals surface area contributed by atoms with E-state index in [-0.39, 0.29) is 16.7 Å². The van der Waals surface area contributed by atoms with Crippen LogP contribution in [0, 0.1) is 6.92 Å². The van der Waals surface area contributed by atoms with Crippen molar-refractivity contribution >= 4 is 11.6 Å². The Labute approximate surface area is 145 Å². The van der Waals surface area contributed by atoms with Gasteiger partial charge in [-0.05, 0) is 66.0 Å². The van der Waals surface area contributed by atoms with Crippen molar-refractivity contribution in [3.8, 4) is 0 Å². The number of nitrogens with one attached hydrogen (secondary N) is 1. The number of hydrogen-bond donors (Lipinski definition) is 1. The molecule has 1 aliphatic rings. The highest BCUT2D eigenvalue weighted by molar-refractivity contribution is 6.04. The van der Waals surface area contributed by atoms with Crippen molar-refractivity contribution in [2.24, 2.45) is 0 Å². The average molecular weight is 321 g/mol. The molecule has 3 rings (SSSR count). The number of carbonyl (C=O) groups is 1. The van der Waals surface area contributed by atoms with Crippen LogP contribution in [0.5, 0.6) is 0 Å². The monoisotopic (exact) mass is 321 g/mol. The van der Waals surface area contributed by atoms with E-state index < -0.39 is 0 Å². The summed E-state index contributed by atoms with van der Waals surface area (Å²) in [5.74, 6) is -0.0529. The summed E-state index contributed by atoms with van der Waals surface area (Å²) in [7, 11) is 0. The van der Waals surface area contributed by atoms with Crippen LogP contribution in [0.3, 0.4) is 0 Å². The summed E-state index contributed by atoms with van der Waals surface area (Å²) in [6, 6.07) is 14.1. The van der Waals surface area contributed by atoms with Gasteiger partial charge in [0.2, 0.25) is 0 Å². The van der Waals surface area contributed by atoms with E-state index in [9.17, 15) is 4.79 Å². The minimum Gasteiger partial charge on any atom is -0.322 e. The first kappa shape index (κ1) is 16.8. The van der Waals surface area contributed by atoms with Crippen molar-refractivity contribution in [3.63, 3.8) is 0 Å². The molecule has 1 amide bonds. The second-order valence-corrected chi connectivity index (χ2v) is 8.35. The Balaban J connectivity index is 1.91. The molecular weight excluding hydrogens is 294 g/mol. The van der Waals surface area contributed by atoms with Crippen LogP contribution >= 0.6 is 0 Å². The normalized spacial score (nSPS) is 17.9. The fraction of sp³-hybridized carbons (Fsp3) is 0.409. The van der Waals surface area contributed by atoms with Gasteiger partial charge < -0.3 is 5.32 Å². The lowest BCUT2D eigenvalue weighted by molar-refractivity contribution is 0.102. The molecular formula is C22H27NO. The molecule has 1 N–H and O–H groups in total. The fourth-order valence-electron chi connectivity index (χ4n) is 3.57. The fourth-order valence-corrected chi connectivity index (χ4v) is 3.57. The number of fused-ring (bicyclic) bond motifs is 1. The molecule has 2 aromatic rings. The van der Waals surface area contributed by atoms with Gasteiger partial charge in [0.15, 0.2) is 0 Å². The van der Waals surface area contributed by atoms with Gasteiger partial charge in [-0.25, -0.2) is 0 Å². The number of anilines is 1. The molecule has 0 radical (unpaired) electrons. The van der Waals surface area contributed by atoms with Gasteiger partial charge in [0.1, 0.15) is 0 Å². The van der Waals surface area contributed by atoms with Gasteiger partial charge in [-0.15, -0.1) is 0 Å². The van der Waals surface area contributed by atoms with Crippen LogP contribution in [0.15, 0.2) is 42.5 Å². The molecule has 2 nitrogen and oxygen atoms in total. The first-order chi connectivity index (χ1) is 11.2. The van der Waals surface area contributed by atoms with Gasteiger partial charge in [0, 0.05) is 11.3 Å². The maximum atomic E-state index is 12.5. The Morgan fingerprint density at radius 1 is 0.875 bits per heavy atom. The van der Waals surface area contributed by atoms with Crippen molar-refractivity contribution in [1.29, 1.82) is 0 Å². The first-order valence-electron chi connectivity index (χ1n) is 8.72. The molecule has 126 valence electrons. The molecule has 1 aliphatic carbocycles. The lowest BCUT2D eigenvalue weighted by Crippen LogP contribution is -2.33. The molecule has 0 fully saturated rings. The lowest BCUT2D eigenvalue weighted by Gasteiger charge is -2.42. The van der Waals surface area contributed by atoms with Crippen molar-refractivity contribution in [3.05, 3.63) is 64.7 Å². The van der Waals surface area contributed by atoms with Gasteiger partial charge in [-0.3, -0.25) is 4.79 Å². The molecule has 0 aromatic heterocycles. The Kier molecular flexibility index (Phi) is 4.03. The second-order valence-electron chi connectivity index (χ2n) is 8.35. The van der Waals surface area contributed by atoms with Gasteiger partial charge in [0.25, 0.3) is 5.91 Å². The summed E-state index contributed by atoms with van der Waals surface area (Å²) in [6.45, 7) is 11.2. The minimum atomic E-state index is -0.0529. The van der Waals surface area contributed by atoms with Gasteiger partial charge in [-0.1, -0.05) is 51.5 Å². The van der Waals surface area contributed by atoms with Crippen LogP contribution in [0.2, 0.25) is 0 Å². The molecule has 0 spiro atoms. The highest BCUT2D eigenvalue weighted by Gasteiger charge is 2.36. The molecule has 0 aliphatic heterocycles. The first-order valence-corrected chi connectivity index (χ1v) is 8.72. The number of benzene rings is 2. The summed E-state index contributed by atoms with van der Waals surface area (Å²) in [4.78, 5) is 12.5. The molecule has 0 atom stereocenters. The van der Waals surface area contributed by atoms with Crippen LogP contribution in [0.4, 0.5) is 5.69 Å². The summed E-state index contributed by atoms with van der Waals surface area (Å²) >= 11 is 0. The van der Waals surface area contributed by atoms with Crippen LogP contribution in [0.25, 0.3) is 0 Å². The third kappa shape index (κ3) is 3.10. The van der Waals surface area contributed by atoms with Crippen LogP contribution in [-0.4, -0.2) is 5.91 Å². The maximum absolute atomic E-state index is 12.5. The Morgan fingerprint density at radius 3 is 2.08 bits per heavy atom. The summed E-state index contributed by atoms with van der Waals surface area (Å²) in [5.41, 5.74) is 5.85. The van der Waals surface area contributed by atoms with Gasteiger partial charge in [-0.2, -0.15) is 0 Å². The van der Waals surface area contributed by atoms with E-state index in [1.807, 2.05) is 37.3 Å².